The van der Waals surface area contributed by atoms with E-state index in [1.54, 1.807) is 38.1 Å². The molecule has 0 aliphatic rings. The zero-order valence-electron chi connectivity index (χ0n) is 20.0. The molecule has 0 spiro atoms. The van der Waals surface area contributed by atoms with E-state index in [0.717, 1.165) is 5.56 Å². The van der Waals surface area contributed by atoms with Crippen molar-refractivity contribution in [1.29, 1.82) is 0 Å². The van der Waals surface area contributed by atoms with Gasteiger partial charge in [-0.05, 0) is 51.2 Å². The van der Waals surface area contributed by atoms with E-state index in [4.69, 9.17) is 25.8 Å². The van der Waals surface area contributed by atoms with Crippen LogP contribution in [0.25, 0.3) is 0 Å². The number of benzene rings is 1. The molecule has 1 aromatic rings. The highest BCUT2D eigenvalue weighted by Gasteiger charge is 2.27. The van der Waals surface area contributed by atoms with Gasteiger partial charge in [-0.15, -0.1) is 0 Å². The highest BCUT2D eigenvalue weighted by Crippen LogP contribution is 2.47. The van der Waals surface area contributed by atoms with Gasteiger partial charge in [-0.3, -0.25) is 14.2 Å². The molecule has 1 aromatic carbocycles. The maximum Gasteiger partial charge on any atom is 0.405 e. The minimum absolute atomic E-state index is 0.153. The Kier molecular flexibility index (Phi) is 14.5. The Morgan fingerprint density at radius 1 is 1.09 bits per heavy atom. The van der Waals surface area contributed by atoms with Crippen LogP contribution in [0.15, 0.2) is 24.3 Å². The molecule has 13 heteroatoms. The molecule has 0 saturated carbocycles. The SMILES string of the molecule is CCOP(=O)(CC(=O)NCCCCC(NC(=O)O)C(=O)NC(CO)Cc1ccccc1Cl)OCC. The van der Waals surface area contributed by atoms with E-state index in [-0.39, 0.29) is 39.2 Å². The third-order valence-electron chi connectivity index (χ3n) is 4.84. The van der Waals surface area contributed by atoms with Gasteiger partial charge in [-0.1, -0.05) is 29.8 Å². The van der Waals surface area contributed by atoms with Gasteiger partial charge in [-0.2, -0.15) is 0 Å². The number of halogens is 1. The van der Waals surface area contributed by atoms with Crippen LogP contribution in [0.3, 0.4) is 0 Å². The molecule has 0 saturated heterocycles. The summed E-state index contributed by atoms with van der Waals surface area (Å²) in [5.41, 5.74) is 0.741. The first kappa shape index (κ1) is 30.9. The molecule has 2 unspecified atom stereocenters. The number of carbonyl (C=O) groups excluding carboxylic acids is 2. The molecular weight excluding hydrogens is 501 g/mol. The topological polar surface area (TPSA) is 163 Å². The van der Waals surface area contributed by atoms with Gasteiger partial charge in [0.2, 0.25) is 11.8 Å². The largest absolute Gasteiger partial charge is 0.465 e. The molecule has 0 bridgehead atoms. The lowest BCUT2D eigenvalue weighted by atomic mass is 10.0. The van der Waals surface area contributed by atoms with Gasteiger partial charge in [0.05, 0.1) is 25.9 Å². The Balaban J connectivity index is 2.54. The molecular formula is C22H35ClN3O8P. The summed E-state index contributed by atoms with van der Waals surface area (Å²) >= 11 is 6.14. The number of carbonyl (C=O) groups is 3. The van der Waals surface area contributed by atoms with Gasteiger partial charge < -0.3 is 35.2 Å². The first-order chi connectivity index (χ1) is 16.6. The standard InChI is InChI=1S/C22H35ClN3O8P/c1-3-33-35(32,34-4-2)15-20(28)24-12-8-7-11-19(26-22(30)31)21(29)25-17(14-27)13-16-9-5-6-10-18(16)23/h5-6,9-10,17,19,26-27H,3-4,7-8,11-15H2,1-2H3,(H,24,28)(H,25,29)(H,30,31). The molecule has 0 aliphatic carbocycles. The molecule has 2 atom stereocenters. The fourth-order valence-electron chi connectivity index (χ4n) is 3.27. The number of hydrogen-bond donors (Lipinski definition) is 5. The van der Waals surface area contributed by atoms with Crippen molar-refractivity contribution in [3.63, 3.8) is 0 Å². The third-order valence-corrected chi connectivity index (χ3v) is 7.18. The summed E-state index contributed by atoms with van der Waals surface area (Å²) in [6.45, 7) is 3.50. The van der Waals surface area contributed by atoms with Crippen LogP contribution in [0.1, 0.15) is 38.7 Å². The molecule has 11 nitrogen and oxygen atoms in total. The number of aliphatic hydroxyl groups excluding tert-OH is 1. The summed E-state index contributed by atoms with van der Waals surface area (Å²) in [7, 11) is -3.49. The van der Waals surface area contributed by atoms with Crippen LogP contribution in [0.2, 0.25) is 5.02 Å². The zero-order valence-corrected chi connectivity index (χ0v) is 21.6. The number of hydrogen-bond acceptors (Lipinski definition) is 7. The van der Waals surface area contributed by atoms with E-state index in [1.807, 2.05) is 0 Å². The van der Waals surface area contributed by atoms with Crippen molar-refractivity contribution in [3.8, 4) is 0 Å². The maximum absolute atomic E-state index is 12.7. The lowest BCUT2D eigenvalue weighted by Crippen LogP contribution is -2.50. The van der Waals surface area contributed by atoms with Gasteiger partial charge >= 0.3 is 13.7 Å². The summed E-state index contributed by atoms with van der Waals surface area (Å²) in [6, 6.07) is 5.35. The minimum Gasteiger partial charge on any atom is -0.465 e. The van der Waals surface area contributed by atoms with Crippen LogP contribution in [-0.2, 0) is 29.6 Å². The van der Waals surface area contributed by atoms with Crippen molar-refractivity contribution in [2.45, 2.75) is 51.6 Å². The summed E-state index contributed by atoms with van der Waals surface area (Å²) < 4.78 is 22.6. The molecule has 0 radical (unpaired) electrons. The van der Waals surface area contributed by atoms with Crippen LogP contribution in [0.4, 0.5) is 4.79 Å². The molecule has 0 heterocycles. The normalized spacial score (nSPS) is 13.0. The fraction of sp³-hybridized carbons (Fsp3) is 0.591. The van der Waals surface area contributed by atoms with Crippen LogP contribution >= 0.6 is 19.2 Å². The van der Waals surface area contributed by atoms with Crippen LogP contribution in [-0.4, -0.2) is 72.7 Å². The Hall–Kier alpha value is -2.17. The number of rotatable bonds is 17. The molecule has 198 valence electrons. The molecule has 0 aliphatic heterocycles. The van der Waals surface area contributed by atoms with Gasteiger partial charge in [0.1, 0.15) is 12.2 Å². The molecule has 3 amide bonds. The van der Waals surface area contributed by atoms with Crippen molar-refractivity contribution < 1.29 is 38.2 Å². The Morgan fingerprint density at radius 3 is 2.31 bits per heavy atom. The molecule has 35 heavy (non-hydrogen) atoms. The third kappa shape index (κ3) is 12.4. The maximum atomic E-state index is 12.7. The number of carboxylic acid groups (broad SMARTS) is 1. The summed E-state index contributed by atoms with van der Waals surface area (Å²) in [4.78, 5) is 35.9. The average molecular weight is 536 g/mol. The smallest absolute Gasteiger partial charge is 0.405 e. The first-order valence-electron chi connectivity index (χ1n) is 11.4. The molecule has 0 aromatic heterocycles. The Labute approximate surface area is 210 Å². The summed E-state index contributed by atoms with van der Waals surface area (Å²) in [6.07, 6.45) is -0.424. The van der Waals surface area contributed by atoms with E-state index in [2.05, 4.69) is 16.0 Å². The van der Waals surface area contributed by atoms with E-state index in [0.29, 0.717) is 17.9 Å². The van der Waals surface area contributed by atoms with Gasteiger partial charge in [0, 0.05) is 11.6 Å². The van der Waals surface area contributed by atoms with E-state index in [1.165, 1.54) is 0 Å². The van der Waals surface area contributed by atoms with E-state index < -0.39 is 43.7 Å². The monoisotopic (exact) mass is 535 g/mol. The lowest BCUT2D eigenvalue weighted by molar-refractivity contribution is -0.124. The van der Waals surface area contributed by atoms with Crippen LogP contribution in [0, 0.1) is 0 Å². The van der Waals surface area contributed by atoms with E-state index in [9.17, 15) is 24.1 Å². The Bertz CT molecular complexity index is 863. The van der Waals surface area contributed by atoms with Gasteiger partial charge in [-0.25, -0.2) is 4.79 Å². The average Bonchev–Trinajstić information content (AvgIpc) is 2.78. The summed E-state index contributed by atoms with van der Waals surface area (Å²) in [5, 5.41) is 26.7. The molecule has 1 rings (SSSR count). The van der Waals surface area contributed by atoms with Crippen molar-refractivity contribution >= 4 is 37.1 Å². The van der Waals surface area contributed by atoms with Crippen molar-refractivity contribution in [2.24, 2.45) is 0 Å². The second-order valence-electron chi connectivity index (χ2n) is 7.64. The first-order valence-corrected chi connectivity index (χ1v) is 13.5. The highest BCUT2D eigenvalue weighted by atomic mass is 35.5. The minimum atomic E-state index is -3.49. The predicted molar refractivity (Wildman–Crippen MR) is 132 cm³/mol. The van der Waals surface area contributed by atoms with Gasteiger partial charge in [0.25, 0.3) is 0 Å². The van der Waals surface area contributed by atoms with E-state index >= 15 is 0 Å². The summed E-state index contributed by atoms with van der Waals surface area (Å²) in [5.74, 6) is -1.06. The lowest BCUT2D eigenvalue weighted by Gasteiger charge is -2.22. The second-order valence-corrected chi connectivity index (χ2v) is 10.1. The number of nitrogens with one attached hydrogen (secondary N) is 3. The predicted octanol–water partition coefficient (Wildman–Crippen LogP) is 2.55. The van der Waals surface area contributed by atoms with Crippen molar-refractivity contribution in [2.75, 3.05) is 32.5 Å². The van der Waals surface area contributed by atoms with Crippen LogP contribution < -0.4 is 16.0 Å². The number of unbranched alkanes of at least 4 members (excludes halogenated alkanes) is 1. The van der Waals surface area contributed by atoms with Crippen molar-refractivity contribution in [1.82, 2.24) is 16.0 Å². The van der Waals surface area contributed by atoms with Gasteiger partial charge in [0.15, 0.2) is 0 Å². The van der Waals surface area contributed by atoms with Crippen LogP contribution in [0.5, 0.6) is 0 Å². The molecule has 0 fully saturated rings. The Morgan fingerprint density at radius 2 is 1.74 bits per heavy atom. The second kappa shape index (κ2) is 16.5. The fourth-order valence-corrected chi connectivity index (χ4v) is 4.99. The highest BCUT2D eigenvalue weighted by molar-refractivity contribution is 7.54. The van der Waals surface area contributed by atoms with Crippen molar-refractivity contribution in [3.05, 3.63) is 34.9 Å². The zero-order chi connectivity index (χ0) is 26.3. The number of amides is 3. The number of aliphatic hydroxyl groups is 1. The molecule has 5 N–H and O–H groups in total. The quantitative estimate of drug-likeness (QED) is 0.150.